The standard InChI is InChI=1S/C21H22ClFN4O2S/c1-26-13-21(25-14-26)30(28,29)27-11-18(15-6-8-17(23)9-7-15)20(12-27)24-10-16-4-2-3-5-19(16)22/h2-9,13-14,18,20,24H,10-12H2,1H3/t18-,20+/m0/s1. The normalized spacial score (nSPS) is 20.0. The molecule has 0 bridgehead atoms. The van der Waals surface area contributed by atoms with Gasteiger partial charge in [-0.15, -0.1) is 0 Å². The minimum atomic E-state index is -3.73. The molecule has 0 spiro atoms. The van der Waals surface area contributed by atoms with Gasteiger partial charge >= 0.3 is 0 Å². The highest BCUT2D eigenvalue weighted by molar-refractivity contribution is 7.89. The van der Waals surface area contributed by atoms with Crippen molar-refractivity contribution >= 4 is 21.6 Å². The number of benzene rings is 2. The van der Waals surface area contributed by atoms with E-state index in [0.29, 0.717) is 11.6 Å². The summed E-state index contributed by atoms with van der Waals surface area (Å²) in [5, 5.41) is 4.13. The molecule has 1 aromatic heterocycles. The van der Waals surface area contributed by atoms with Crippen LogP contribution in [0, 0.1) is 5.82 Å². The molecular formula is C21H22ClFN4O2S. The highest BCUT2D eigenvalue weighted by Crippen LogP contribution is 2.32. The zero-order chi connectivity index (χ0) is 21.3. The second kappa shape index (κ2) is 8.47. The van der Waals surface area contributed by atoms with E-state index < -0.39 is 10.0 Å². The number of nitrogens with one attached hydrogen (secondary N) is 1. The van der Waals surface area contributed by atoms with Crippen LogP contribution in [0.3, 0.4) is 0 Å². The van der Waals surface area contributed by atoms with Gasteiger partial charge in [0.1, 0.15) is 5.82 Å². The number of imidazole rings is 1. The van der Waals surface area contributed by atoms with Crippen molar-refractivity contribution in [2.45, 2.75) is 23.5 Å². The Balaban J connectivity index is 1.60. The van der Waals surface area contributed by atoms with Gasteiger partial charge in [-0.1, -0.05) is 41.9 Å². The summed E-state index contributed by atoms with van der Waals surface area (Å²) in [4.78, 5) is 4.02. The maximum absolute atomic E-state index is 13.4. The maximum atomic E-state index is 13.4. The summed E-state index contributed by atoms with van der Waals surface area (Å²) in [6.07, 6.45) is 2.96. The SMILES string of the molecule is Cn1cnc(S(=O)(=O)N2C[C@@H](NCc3ccccc3Cl)[C@H](c3ccc(F)cc3)C2)c1. The monoisotopic (exact) mass is 448 g/mol. The number of nitrogens with zero attached hydrogens (tertiary/aromatic N) is 3. The third kappa shape index (κ3) is 4.27. The van der Waals surface area contributed by atoms with E-state index in [-0.39, 0.29) is 35.9 Å². The fourth-order valence-electron chi connectivity index (χ4n) is 3.76. The highest BCUT2D eigenvalue weighted by atomic mass is 35.5. The van der Waals surface area contributed by atoms with Gasteiger partial charge in [-0.05, 0) is 29.3 Å². The maximum Gasteiger partial charge on any atom is 0.262 e. The van der Waals surface area contributed by atoms with Crippen LogP contribution >= 0.6 is 11.6 Å². The minimum absolute atomic E-state index is 0.0228. The summed E-state index contributed by atoms with van der Waals surface area (Å²) in [5.74, 6) is -0.457. The lowest BCUT2D eigenvalue weighted by atomic mass is 9.94. The fourth-order valence-corrected chi connectivity index (χ4v) is 5.42. The third-order valence-electron chi connectivity index (χ3n) is 5.38. The van der Waals surface area contributed by atoms with E-state index in [9.17, 15) is 12.8 Å². The number of hydrogen-bond donors (Lipinski definition) is 1. The molecule has 30 heavy (non-hydrogen) atoms. The summed E-state index contributed by atoms with van der Waals surface area (Å²) in [6, 6.07) is 13.6. The molecule has 9 heteroatoms. The van der Waals surface area contributed by atoms with Crippen LogP contribution in [0.5, 0.6) is 0 Å². The molecule has 0 radical (unpaired) electrons. The van der Waals surface area contributed by atoms with Crippen molar-refractivity contribution in [2.75, 3.05) is 13.1 Å². The predicted molar refractivity (Wildman–Crippen MR) is 113 cm³/mol. The van der Waals surface area contributed by atoms with Crippen molar-refractivity contribution in [3.8, 4) is 0 Å². The molecule has 0 unspecified atom stereocenters. The number of halogens is 2. The number of aromatic nitrogens is 2. The quantitative estimate of drug-likeness (QED) is 0.629. The van der Waals surface area contributed by atoms with Crippen LogP contribution in [0.1, 0.15) is 17.0 Å². The Hall–Kier alpha value is -2.26. The van der Waals surface area contributed by atoms with Crippen molar-refractivity contribution in [1.82, 2.24) is 19.2 Å². The molecule has 1 saturated heterocycles. The number of sulfonamides is 1. The van der Waals surface area contributed by atoms with Crippen molar-refractivity contribution in [3.63, 3.8) is 0 Å². The first kappa shape index (κ1) is 21.0. The van der Waals surface area contributed by atoms with E-state index in [1.165, 1.54) is 29.0 Å². The minimum Gasteiger partial charge on any atom is -0.339 e. The van der Waals surface area contributed by atoms with Crippen LogP contribution in [-0.4, -0.2) is 41.4 Å². The Morgan fingerprint density at radius 1 is 1.17 bits per heavy atom. The highest BCUT2D eigenvalue weighted by Gasteiger charge is 2.40. The van der Waals surface area contributed by atoms with E-state index in [4.69, 9.17) is 11.6 Å². The van der Waals surface area contributed by atoms with Gasteiger partial charge in [0, 0.05) is 49.9 Å². The lowest BCUT2D eigenvalue weighted by Crippen LogP contribution is -2.36. The summed E-state index contributed by atoms with van der Waals surface area (Å²) in [5.41, 5.74) is 1.81. The molecule has 0 amide bonds. The van der Waals surface area contributed by atoms with Crippen molar-refractivity contribution in [3.05, 3.63) is 83.0 Å². The van der Waals surface area contributed by atoms with Crippen molar-refractivity contribution in [2.24, 2.45) is 7.05 Å². The largest absolute Gasteiger partial charge is 0.339 e. The van der Waals surface area contributed by atoms with E-state index in [1.54, 1.807) is 23.7 Å². The molecule has 2 heterocycles. The van der Waals surface area contributed by atoms with Crippen molar-refractivity contribution in [1.29, 1.82) is 0 Å². The van der Waals surface area contributed by atoms with Crippen LogP contribution in [-0.2, 0) is 23.6 Å². The van der Waals surface area contributed by atoms with E-state index in [2.05, 4.69) is 10.3 Å². The molecule has 1 N–H and O–H groups in total. The summed E-state index contributed by atoms with van der Waals surface area (Å²) in [6.45, 7) is 1.07. The Morgan fingerprint density at radius 3 is 2.57 bits per heavy atom. The van der Waals surface area contributed by atoms with Gasteiger partial charge in [-0.3, -0.25) is 0 Å². The zero-order valence-electron chi connectivity index (χ0n) is 16.4. The van der Waals surface area contributed by atoms with E-state index in [1.807, 2.05) is 24.3 Å². The van der Waals surface area contributed by atoms with Crippen molar-refractivity contribution < 1.29 is 12.8 Å². The van der Waals surface area contributed by atoms with Gasteiger partial charge < -0.3 is 9.88 Å². The topological polar surface area (TPSA) is 67.2 Å². The first-order chi connectivity index (χ1) is 14.3. The number of aryl methyl sites for hydroxylation is 1. The molecular weight excluding hydrogens is 427 g/mol. The molecule has 0 aliphatic carbocycles. The van der Waals surface area contributed by atoms with Gasteiger partial charge in [0.05, 0.1) is 6.33 Å². The molecule has 1 aliphatic rings. The van der Waals surface area contributed by atoms with E-state index in [0.717, 1.165) is 11.1 Å². The summed E-state index contributed by atoms with van der Waals surface area (Å²) >= 11 is 6.27. The molecule has 0 saturated carbocycles. The number of hydrogen-bond acceptors (Lipinski definition) is 4. The van der Waals surface area contributed by atoms with Gasteiger partial charge in [0.15, 0.2) is 5.03 Å². The molecule has 1 aliphatic heterocycles. The second-order valence-electron chi connectivity index (χ2n) is 7.44. The van der Waals surface area contributed by atoms with Gasteiger partial charge in [0.2, 0.25) is 0 Å². The lowest BCUT2D eigenvalue weighted by molar-refractivity contribution is 0.454. The van der Waals surface area contributed by atoms with Gasteiger partial charge in [-0.2, -0.15) is 4.31 Å². The zero-order valence-corrected chi connectivity index (χ0v) is 17.9. The molecule has 4 rings (SSSR count). The molecule has 2 aromatic carbocycles. The van der Waals surface area contributed by atoms with Crippen LogP contribution < -0.4 is 5.32 Å². The Kier molecular flexibility index (Phi) is 5.92. The molecule has 1 fully saturated rings. The lowest BCUT2D eigenvalue weighted by Gasteiger charge is -2.20. The summed E-state index contributed by atoms with van der Waals surface area (Å²) in [7, 11) is -2.00. The fraction of sp³-hybridized carbons (Fsp3) is 0.286. The number of rotatable bonds is 6. The van der Waals surface area contributed by atoms with E-state index >= 15 is 0 Å². The smallest absolute Gasteiger partial charge is 0.262 e. The molecule has 3 aromatic rings. The second-order valence-corrected chi connectivity index (χ2v) is 9.73. The van der Waals surface area contributed by atoms with Crippen LogP contribution in [0.15, 0.2) is 66.1 Å². The first-order valence-corrected chi connectivity index (χ1v) is 11.4. The predicted octanol–water partition coefficient (Wildman–Crippen LogP) is 3.16. The Morgan fingerprint density at radius 2 is 1.90 bits per heavy atom. The van der Waals surface area contributed by atoms with Gasteiger partial charge in [-0.25, -0.2) is 17.8 Å². The molecule has 158 valence electrons. The Labute approximate surface area is 180 Å². The summed E-state index contributed by atoms with van der Waals surface area (Å²) < 4.78 is 42.7. The van der Waals surface area contributed by atoms with Crippen LogP contribution in [0.4, 0.5) is 4.39 Å². The molecule has 6 nitrogen and oxygen atoms in total. The van der Waals surface area contributed by atoms with Crippen LogP contribution in [0.2, 0.25) is 5.02 Å². The van der Waals surface area contributed by atoms with Gasteiger partial charge in [0.25, 0.3) is 10.0 Å². The first-order valence-electron chi connectivity index (χ1n) is 9.55. The molecule has 2 atom stereocenters. The third-order valence-corrected chi connectivity index (χ3v) is 7.47. The van der Waals surface area contributed by atoms with Crippen LogP contribution in [0.25, 0.3) is 0 Å². The average molecular weight is 449 g/mol. The average Bonchev–Trinajstić information content (AvgIpc) is 3.35. The Bertz CT molecular complexity index is 1130.